The SMILES string of the molecule is CC1(C)C2=C3C=C4C=C5C6=[N+](CC[C@@H]5O[C@@H]4C[C@@H]3CCN2c2ccc(S(=O)(=O)O)cc21)c1ccc(S(=O)(=O)O)cc1C6(C)CCCCC(=O)O. The van der Waals surface area contributed by atoms with E-state index < -0.39 is 37.0 Å². The van der Waals surface area contributed by atoms with Gasteiger partial charge < -0.3 is 14.7 Å². The molecule has 0 radical (unpaired) electrons. The van der Waals surface area contributed by atoms with Crippen LogP contribution in [-0.4, -0.2) is 72.6 Å². The van der Waals surface area contributed by atoms with Crippen LogP contribution in [0.25, 0.3) is 0 Å². The maximum absolute atomic E-state index is 12.2. The van der Waals surface area contributed by atoms with Crippen molar-refractivity contribution in [2.24, 2.45) is 5.92 Å². The molecule has 264 valence electrons. The Bertz CT molecular complexity index is 2230. The molecule has 13 heteroatoms. The minimum atomic E-state index is -4.45. The molecule has 0 aromatic heterocycles. The lowest BCUT2D eigenvalue weighted by atomic mass is 9.69. The van der Waals surface area contributed by atoms with Gasteiger partial charge in [0.1, 0.15) is 0 Å². The summed E-state index contributed by atoms with van der Waals surface area (Å²) in [5, 5.41) is 9.29. The number of fused-ring (bicyclic) bond motifs is 9. The summed E-state index contributed by atoms with van der Waals surface area (Å²) in [6.45, 7) is 7.75. The Hall–Kier alpha value is -3.62. The largest absolute Gasteiger partial charge is 0.481 e. The molecule has 0 saturated heterocycles. The average molecular weight is 722 g/mol. The number of benzene rings is 2. The molecular formula is C37H41N2O9S2+. The highest BCUT2D eigenvalue weighted by Crippen LogP contribution is 2.56. The van der Waals surface area contributed by atoms with Crippen LogP contribution in [0.2, 0.25) is 0 Å². The zero-order valence-electron chi connectivity index (χ0n) is 28.2. The van der Waals surface area contributed by atoms with Gasteiger partial charge in [-0.25, -0.2) is 0 Å². The van der Waals surface area contributed by atoms with Crippen molar-refractivity contribution < 1.29 is 45.2 Å². The van der Waals surface area contributed by atoms with Crippen LogP contribution in [0.5, 0.6) is 0 Å². The van der Waals surface area contributed by atoms with Crippen molar-refractivity contribution in [1.82, 2.24) is 0 Å². The summed E-state index contributed by atoms with van der Waals surface area (Å²) in [4.78, 5) is 13.3. The third kappa shape index (κ3) is 5.07. The van der Waals surface area contributed by atoms with Crippen molar-refractivity contribution in [3.05, 3.63) is 82.1 Å². The van der Waals surface area contributed by atoms with Gasteiger partial charge in [0.25, 0.3) is 20.2 Å². The van der Waals surface area contributed by atoms with Gasteiger partial charge >= 0.3 is 5.97 Å². The van der Waals surface area contributed by atoms with Crippen LogP contribution in [0.15, 0.2) is 80.8 Å². The fourth-order valence-corrected chi connectivity index (χ4v) is 10.6. The smallest absolute Gasteiger partial charge is 0.303 e. The Labute approximate surface area is 292 Å². The Morgan fingerprint density at radius 2 is 1.64 bits per heavy atom. The van der Waals surface area contributed by atoms with Gasteiger partial charge in [-0.05, 0) is 91.6 Å². The van der Waals surface area contributed by atoms with Gasteiger partial charge in [-0.3, -0.25) is 13.9 Å². The van der Waals surface area contributed by atoms with E-state index in [2.05, 4.69) is 42.4 Å². The highest BCUT2D eigenvalue weighted by molar-refractivity contribution is 7.86. The van der Waals surface area contributed by atoms with E-state index in [1.807, 2.05) is 0 Å². The molecule has 5 aliphatic heterocycles. The summed E-state index contributed by atoms with van der Waals surface area (Å²) in [7, 11) is -8.81. The fourth-order valence-electron chi connectivity index (χ4n) is 9.59. The van der Waals surface area contributed by atoms with Gasteiger partial charge in [0.05, 0.1) is 27.4 Å². The van der Waals surface area contributed by atoms with Gasteiger partial charge in [-0.2, -0.15) is 21.4 Å². The Balaban J connectivity index is 1.24. The molecule has 0 bridgehead atoms. The standard InChI is InChI=1S/C37H40N2O9S2/c1-36(2)27-19-23(49(42,43)44)7-9-29(27)38-14-11-21-18-32-22(16-25(21)34(36)38)17-26-31(48-32)12-15-39-30-10-8-24(50(45,46)47)20-28(30)37(3,35(26)39)13-5-4-6-33(40)41/h7-10,16-17,19-21,31-32H,4-6,11-15,18H2,1-3H3,(H2-,40,41,42,43,44,45,46,47)/p+1/t21-,31-,32+,37?/m0/s1. The van der Waals surface area contributed by atoms with Crippen molar-refractivity contribution in [2.45, 2.75) is 98.5 Å². The van der Waals surface area contributed by atoms with Crippen LogP contribution in [-0.2, 0) is 40.6 Å². The highest BCUT2D eigenvalue weighted by Gasteiger charge is 2.55. The molecule has 0 spiro atoms. The van der Waals surface area contributed by atoms with Gasteiger partial charge in [-0.1, -0.05) is 26.3 Å². The second-order valence-electron chi connectivity index (χ2n) is 15.2. The average Bonchev–Trinajstić information content (AvgIpc) is 3.44. The van der Waals surface area contributed by atoms with Crippen LogP contribution in [0.1, 0.15) is 76.8 Å². The van der Waals surface area contributed by atoms with Crippen molar-refractivity contribution in [3.63, 3.8) is 0 Å². The number of aliphatic carboxylic acids is 1. The molecule has 11 nitrogen and oxygen atoms in total. The summed E-state index contributed by atoms with van der Waals surface area (Å²) >= 11 is 0. The molecule has 1 unspecified atom stereocenters. The number of rotatable bonds is 7. The van der Waals surface area contributed by atoms with Crippen LogP contribution in [0, 0.1) is 5.92 Å². The number of hydrogen-bond acceptors (Lipinski definition) is 7. The zero-order valence-corrected chi connectivity index (χ0v) is 29.8. The second-order valence-corrected chi connectivity index (χ2v) is 18.0. The minimum absolute atomic E-state index is 0.0447. The summed E-state index contributed by atoms with van der Waals surface area (Å²) in [5.41, 5.74) is 7.78. The van der Waals surface area contributed by atoms with Gasteiger partial charge in [0.2, 0.25) is 5.69 Å². The first-order valence-electron chi connectivity index (χ1n) is 17.2. The summed E-state index contributed by atoms with van der Waals surface area (Å²) in [6, 6.07) is 9.60. The Morgan fingerprint density at radius 1 is 0.940 bits per heavy atom. The van der Waals surface area contributed by atoms with E-state index in [-0.39, 0.29) is 34.3 Å². The minimum Gasteiger partial charge on any atom is -0.481 e. The fraction of sp³-hybridized carbons (Fsp3) is 0.459. The van der Waals surface area contributed by atoms with Crippen molar-refractivity contribution in [1.29, 1.82) is 0 Å². The Morgan fingerprint density at radius 3 is 2.34 bits per heavy atom. The number of carbonyl (C=O) groups is 1. The number of carboxylic acids is 1. The molecule has 8 rings (SSSR count). The molecular weight excluding hydrogens is 681 g/mol. The third-order valence-electron chi connectivity index (χ3n) is 11.8. The van der Waals surface area contributed by atoms with Crippen LogP contribution in [0.4, 0.5) is 11.4 Å². The number of anilines is 1. The van der Waals surface area contributed by atoms with Gasteiger partial charge in [-0.15, -0.1) is 0 Å². The van der Waals surface area contributed by atoms with E-state index in [0.717, 1.165) is 70.9 Å². The molecule has 4 atom stereocenters. The first-order valence-corrected chi connectivity index (χ1v) is 20.1. The topological polar surface area (TPSA) is 162 Å². The van der Waals surface area contributed by atoms with E-state index in [0.29, 0.717) is 25.8 Å². The number of hydrogen-bond donors (Lipinski definition) is 3. The van der Waals surface area contributed by atoms with Crippen molar-refractivity contribution in [2.75, 3.05) is 18.0 Å². The third-order valence-corrected chi connectivity index (χ3v) is 13.5. The van der Waals surface area contributed by atoms with E-state index >= 15 is 0 Å². The van der Waals surface area contributed by atoms with E-state index in [1.165, 1.54) is 17.7 Å². The number of unbranched alkanes of at least 4 members (excludes halogenated alkanes) is 1. The maximum atomic E-state index is 12.2. The molecule has 3 N–H and O–H groups in total. The molecule has 2 aromatic rings. The molecule has 5 heterocycles. The monoisotopic (exact) mass is 721 g/mol. The van der Waals surface area contributed by atoms with E-state index in [9.17, 15) is 35.8 Å². The predicted molar refractivity (Wildman–Crippen MR) is 185 cm³/mol. The van der Waals surface area contributed by atoms with E-state index in [4.69, 9.17) is 4.74 Å². The summed E-state index contributed by atoms with van der Waals surface area (Å²) in [6.07, 6.45) is 8.48. The first-order chi connectivity index (χ1) is 23.5. The summed E-state index contributed by atoms with van der Waals surface area (Å²) in [5.74, 6) is -0.593. The normalized spacial score (nSPS) is 27.7. The number of allylic oxidation sites excluding steroid dienone is 3. The first kappa shape index (κ1) is 33.5. The molecule has 2 aromatic carbocycles. The van der Waals surface area contributed by atoms with Crippen LogP contribution in [0.3, 0.4) is 0 Å². The number of carboxylic acid groups (broad SMARTS) is 1. The number of nitrogens with zero attached hydrogens (tertiary/aromatic N) is 2. The van der Waals surface area contributed by atoms with E-state index in [1.54, 1.807) is 24.3 Å². The van der Waals surface area contributed by atoms with Crippen molar-refractivity contribution >= 4 is 43.3 Å². The maximum Gasteiger partial charge on any atom is 0.303 e. The molecule has 0 amide bonds. The summed E-state index contributed by atoms with van der Waals surface area (Å²) < 4.78 is 77.5. The second kappa shape index (κ2) is 11.2. The lowest BCUT2D eigenvalue weighted by Gasteiger charge is -2.44. The zero-order chi connectivity index (χ0) is 35.5. The van der Waals surface area contributed by atoms with Crippen molar-refractivity contribution in [3.8, 4) is 0 Å². The van der Waals surface area contributed by atoms with Crippen LogP contribution >= 0.6 is 0 Å². The lowest BCUT2D eigenvalue weighted by molar-refractivity contribution is -0.445. The molecule has 6 aliphatic rings. The quantitative estimate of drug-likeness (QED) is 0.184. The molecule has 0 fully saturated rings. The lowest BCUT2D eigenvalue weighted by Crippen LogP contribution is -2.47. The predicted octanol–water partition coefficient (Wildman–Crippen LogP) is 5.68. The Kier molecular flexibility index (Phi) is 7.50. The van der Waals surface area contributed by atoms with Gasteiger partial charge in [0.15, 0.2) is 12.3 Å². The molecule has 0 saturated carbocycles. The molecule has 1 aliphatic carbocycles. The van der Waals surface area contributed by atoms with Gasteiger partial charge in [0, 0.05) is 53.4 Å². The van der Waals surface area contributed by atoms with Crippen LogP contribution < -0.4 is 4.90 Å². The molecule has 50 heavy (non-hydrogen) atoms. The highest BCUT2D eigenvalue weighted by atomic mass is 32.2. The number of ether oxygens (including phenoxy) is 1.